The van der Waals surface area contributed by atoms with Crippen molar-refractivity contribution >= 4 is 0 Å². The number of nitrogens with zero attached hydrogens (tertiary/aromatic N) is 1. The summed E-state index contributed by atoms with van der Waals surface area (Å²) in [4.78, 5) is 2.76. The summed E-state index contributed by atoms with van der Waals surface area (Å²) in [5, 5.41) is 12.1. The fourth-order valence-corrected chi connectivity index (χ4v) is 10.8. The number of benzene rings is 3. The second-order valence-electron chi connectivity index (χ2n) is 16.6. The van der Waals surface area contributed by atoms with Crippen LogP contribution in [0.1, 0.15) is 74.5 Å². The van der Waals surface area contributed by atoms with Crippen molar-refractivity contribution in [1.82, 2.24) is 20.9 Å². The number of nitrogens with one attached hydrogen (secondary N) is 3. The summed E-state index contributed by atoms with van der Waals surface area (Å²) in [6.07, 6.45) is 16.1. The van der Waals surface area contributed by atoms with Crippen LogP contribution in [0.3, 0.4) is 0 Å². The van der Waals surface area contributed by atoms with Gasteiger partial charge in [0.1, 0.15) is 0 Å². The van der Waals surface area contributed by atoms with E-state index in [0.717, 1.165) is 63.2 Å². The van der Waals surface area contributed by atoms with Crippen molar-refractivity contribution in [2.75, 3.05) is 39.3 Å². The van der Waals surface area contributed by atoms with Crippen molar-refractivity contribution < 1.29 is 0 Å². The molecule has 3 aromatic carbocycles. The van der Waals surface area contributed by atoms with Gasteiger partial charge in [-0.15, -0.1) is 0 Å². The van der Waals surface area contributed by atoms with Gasteiger partial charge in [-0.05, 0) is 130 Å². The normalized spacial score (nSPS) is 28.1. The lowest BCUT2D eigenvalue weighted by molar-refractivity contribution is -0.0569. The molecule has 3 aromatic rings. The highest BCUT2D eigenvalue weighted by Gasteiger charge is 2.50. The average molecular weight is 662 g/mol. The van der Waals surface area contributed by atoms with Crippen LogP contribution in [0.4, 0.5) is 0 Å². The Morgan fingerprint density at radius 2 is 1.18 bits per heavy atom. The third-order valence-corrected chi connectivity index (χ3v) is 12.8. The Bertz CT molecular complexity index is 1340. The highest BCUT2D eigenvalue weighted by molar-refractivity contribution is 5.18. The van der Waals surface area contributed by atoms with Crippen molar-refractivity contribution in [3.05, 3.63) is 108 Å². The Labute approximate surface area is 297 Å². The van der Waals surface area contributed by atoms with E-state index in [0.29, 0.717) is 36.1 Å². The monoisotopic (exact) mass is 662 g/mol. The van der Waals surface area contributed by atoms with Gasteiger partial charge in [-0.1, -0.05) is 91.0 Å². The third kappa shape index (κ3) is 9.83. The lowest BCUT2D eigenvalue weighted by Crippen LogP contribution is -2.52. The molecular weight excluding hydrogens is 599 g/mol. The predicted octanol–water partition coefficient (Wildman–Crippen LogP) is 6.62. The largest absolute Gasteiger partial charge is 0.329 e. The van der Waals surface area contributed by atoms with E-state index in [1.165, 1.54) is 81.0 Å². The molecule has 5 heteroatoms. The molecule has 1 saturated heterocycles. The molecule has 4 atom stereocenters. The maximum absolute atomic E-state index is 6.25. The average Bonchev–Trinajstić information content (AvgIpc) is 3.56. The molecule has 4 aliphatic carbocycles. The topological polar surface area (TPSA) is 65.3 Å². The fourth-order valence-electron chi connectivity index (χ4n) is 10.8. The molecule has 264 valence electrons. The van der Waals surface area contributed by atoms with E-state index in [9.17, 15) is 0 Å². The molecule has 5 fully saturated rings. The van der Waals surface area contributed by atoms with Crippen LogP contribution in [0.5, 0.6) is 0 Å². The Balaban J connectivity index is 0.974. The molecule has 0 aromatic heterocycles. The van der Waals surface area contributed by atoms with Gasteiger partial charge in [0.25, 0.3) is 0 Å². The minimum absolute atomic E-state index is 0.311. The van der Waals surface area contributed by atoms with Crippen molar-refractivity contribution in [3.8, 4) is 0 Å². The van der Waals surface area contributed by atoms with E-state index in [-0.39, 0.29) is 0 Å². The summed E-state index contributed by atoms with van der Waals surface area (Å²) in [5.74, 6) is 3.09. The molecule has 0 radical (unpaired) electrons. The van der Waals surface area contributed by atoms with E-state index in [4.69, 9.17) is 5.73 Å². The molecule has 0 spiro atoms. The van der Waals surface area contributed by atoms with Crippen molar-refractivity contribution in [1.29, 1.82) is 0 Å². The predicted molar refractivity (Wildman–Crippen MR) is 205 cm³/mol. The summed E-state index contributed by atoms with van der Waals surface area (Å²) in [5.41, 5.74) is 11.1. The van der Waals surface area contributed by atoms with Gasteiger partial charge in [-0.25, -0.2) is 0 Å². The molecule has 49 heavy (non-hydrogen) atoms. The molecule has 5 N–H and O–H groups in total. The smallest absolute Gasteiger partial charge is 0.0236 e. The van der Waals surface area contributed by atoms with Crippen molar-refractivity contribution in [2.45, 2.75) is 101 Å². The Morgan fingerprint density at radius 1 is 0.653 bits per heavy atom. The molecule has 4 bridgehead atoms. The highest BCUT2D eigenvalue weighted by atomic mass is 15.2. The molecule has 5 nitrogen and oxygen atoms in total. The van der Waals surface area contributed by atoms with E-state index in [1.54, 1.807) is 0 Å². The van der Waals surface area contributed by atoms with E-state index < -0.39 is 0 Å². The zero-order valence-electron chi connectivity index (χ0n) is 30.0. The lowest BCUT2D eigenvalue weighted by atomic mass is 9.49. The minimum atomic E-state index is 0.311. The standard InChI is InChI=1S/C44H63N5/c45-30-40(24-34-11-4-1-5-12-34)48-32-43-17-10-20-49(43)33-42(26-36-15-8-3-9-16-36)47-31-41(25-35-13-6-2-7-14-35)46-19-18-44-27-37-21-38(28-44)23-39(22-37)29-44/h1-9,11-16,37-43,46-48H,10,17-33,45H2/t37?,38?,39?,40-,41-,42-,43-,44?/m0/s1. The van der Waals surface area contributed by atoms with Gasteiger partial charge in [0.2, 0.25) is 0 Å². The van der Waals surface area contributed by atoms with Crippen LogP contribution in [0.2, 0.25) is 0 Å². The Morgan fingerprint density at radius 3 is 1.73 bits per heavy atom. The number of rotatable bonds is 19. The quantitative estimate of drug-likeness (QED) is 0.116. The zero-order chi connectivity index (χ0) is 33.3. The molecular formula is C44H63N5. The number of nitrogens with two attached hydrogens (primary N) is 1. The van der Waals surface area contributed by atoms with Crippen LogP contribution in [-0.4, -0.2) is 68.3 Å². The second-order valence-corrected chi connectivity index (χ2v) is 16.6. The highest BCUT2D eigenvalue weighted by Crippen LogP contribution is 2.61. The van der Waals surface area contributed by atoms with Crippen molar-refractivity contribution in [3.63, 3.8) is 0 Å². The fraction of sp³-hybridized carbons (Fsp3) is 0.591. The van der Waals surface area contributed by atoms with Crippen LogP contribution in [-0.2, 0) is 19.3 Å². The van der Waals surface area contributed by atoms with E-state index >= 15 is 0 Å². The van der Waals surface area contributed by atoms with Crippen LogP contribution < -0.4 is 21.7 Å². The number of hydrogen-bond acceptors (Lipinski definition) is 5. The first-order valence-electron chi connectivity index (χ1n) is 19.9. The van der Waals surface area contributed by atoms with Crippen molar-refractivity contribution in [2.24, 2.45) is 28.9 Å². The molecule has 0 unspecified atom stereocenters. The molecule has 1 aliphatic heterocycles. The Kier molecular flexibility index (Phi) is 12.2. The van der Waals surface area contributed by atoms with Gasteiger partial charge in [0.05, 0.1) is 0 Å². The van der Waals surface area contributed by atoms with Crippen LogP contribution in [0.25, 0.3) is 0 Å². The van der Waals surface area contributed by atoms with Crippen LogP contribution in [0, 0.1) is 23.2 Å². The minimum Gasteiger partial charge on any atom is -0.329 e. The second kappa shape index (κ2) is 17.1. The first kappa shape index (κ1) is 34.9. The lowest BCUT2D eigenvalue weighted by Gasteiger charge is -2.57. The first-order valence-corrected chi connectivity index (χ1v) is 19.9. The number of likely N-dealkylation sites (tertiary alicyclic amines) is 1. The maximum Gasteiger partial charge on any atom is 0.0236 e. The summed E-state index contributed by atoms with van der Waals surface area (Å²) in [6, 6.07) is 34.8. The van der Waals surface area contributed by atoms with Crippen LogP contribution >= 0.6 is 0 Å². The third-order valence-electron chi connectivity index (χ3n) is 12.8. The molecule has 0 amide bonds. The zero-order valence-corrected chi connectivity index (χ0v) is 30.0. The summed E-state index contributed by atoms with van der Waals surface area (Å²) in [7, 11) is 0. The summed E-state index contributed by atoms with van der Waals surface area (Å²) < 4.78 is 0. The van der Waals surface area contributed by atoms with Gasteiger partial charge in [0.15, 0.2) is 0 Å². The SMILES string of the molecule is NC[C@H](Cc1ccccc1)NC[C@@H]1CCCN1C[C@H](Cc1ccccc1)NC[C@H](Cc1ccccc1)NCCC12CC3CC(CC(C3)C1)C2. The van der Waals surface area contributed by atoms with Gasteiger partial charge in [-0.2, -0.15) is 0 Å². The molecule has 8 rings (SSSR count). The molecule has 1 heterocycles. The van der Waals surface area contributed by atoms with E-state index in [1.807, 2.05) is 0 Å². The summed E-state index contributed by atoms with van der Waals surface area (Å²) >= 11 is 0. The Hall–Kier alpha value is -2.54. The number of hydrogen-bond donors (Lipinski definition) is 4. The molecule has 4 saturated carbocycles. The van der Waals surface area contributed by atoms with Gasteiger partial charge in [-0.3, -0.25) is 4.90 Å². The summed E-state index contributed by atoms with van der Waals surface area (Å²) in [6.45, 7) is 6.09. The van der Waals surface area contributed by atoms with Gasteiger partial charge >= 0.3 is 0 Å². The first-order chi connectivity index (χ1) is 24.1. The van der Waals surface area contributed by atoms with Gasteiger partial charge < -0.3 is 21.7 Å². The van der Waals surface area contributed by atoms with Gasteiger partial charge in [0, 0.05) is 50.3 Å². The maximum atomic E-state index is 6.25. The van der Waals surface area contributed by atoms with E-state index in [2.05, 4.69) is 112 Å². The molecule has 5 aliphatic rings. The van der Waals surface area contributed by atoms with Crippen LogP contribution in [0.15, 0.2) is 91.0 Å².